The van der Waals surface area contributed by atoms with E-state index in [1.54, 1.807) is 0 Å². The van der Waals surface area contributed by atoms with E-state index in [2.05, 4.69) is 18.0 Å². The molecule has 18 heavy (non-hydrogen) atoms. The molecule has 2 rings (SSSR count). The van der Waals surface area contributed by atoms with Gasteiger partial charge in [0.25, 0.3) is 0 Å². The molecule has 1 atom stereocenters. The van der Waals surface area contributed by atoms with Crippen molar-refractivity contribution in [1.82, 2.24) is 4.98 Å². The highest BCUT2D eigenvalue weighted by Crippen LogP contribution is 2.22. The van der Waals surface area contributed by atoms with Gasteiger partial charge in [-0.2, -0.15) is 0 Å². The summed E-state index contributed by atoms with van der Waals surface area (Å²) < 4.78 is 0. The van der Waals surface area contributed by atoms with Crippen LogP contribution in [-0.2, 0) is 6.42 Å². The van der Waals surface area contributed by atoms with Gasteiger partial charge in [-0.15, -0.1) is 0 Å². The lowest BCUT2D eigenvalue weighted by Crippen LogP contribution is -2.16. The van der Waals surface area contributed by atoms with E-state index in [0.29, 0.717) is 0 Å². The van der Waals surface area contributed by atoms with Crippen LogP contribution < -0.4 is 5.73 Å². The van der Waals surface area contributed by atoms with Gasteiger partial charge in [0.2, 0.25) is 0 Å². The van der Waals surface area contributed by atoms with E-state index >= 15 is 0 Å². The number of nitrogens with two attached hydrogens (primary N) is 1. The maximum Gasteiger partial charge on any atom is 0.0451 e. The normalized spacial score (nSPS) is 12.4. The van der Waals surface area contributed by atoms with Gasteiger partial charge in [0, 0.05) is 29.4 Å². The molecule has 3 heteroatoms. The van der Waals surface area contributed by atoms with Crippen LogP contribution in [0.25, 0.3) is 0 Å². The Morgan fingerprint density at radius 2 is 2.00 bits per heavy atom. The van der Waals surface area contributed by atoms with Gasteiger partial charge in [-0.25, -0.2) is 0 Å². The molecule has 0 saturated carbocycles. The quantitative estimate of drug-likeness (QED) is 0.916. The van der Waals surface area contributed by atoms with Gasteiger partial charge in [0.1, 0.15) is 0 Å². The number of halogens is 1. The van der Waals surface area contributed by atoms with E-state index in [0.717, 1.165) is 28.3 Å². The van der Waals surface area contributed by atoms with Gasteiger partial charge in [-0.3, -0.25) is 4.98 Å². The van der Waals surface area contributed by atoms with Crippen molar-refractivity contribution >= 4 is 11.6 Å². The van der Waals surface area contributed by atoms with Crippen LogP contribution in [0.4, 0.5) is 0 Å². The van der Waals surface area contributed by atoms with Gasteiger partial charge in [0.15, 0.2) is 0 Å². The molecule has 1 aromatic carbocycles. The van der Waals surface area contributed by atoms with E-state index in [1.807, 2.05) is 37.4 Å². The lowest BCUT2D eigenvalue weighted by Gasteiger charge is -2.15. The molecule has 0 saturated heterocycles. The fourth-order valence-electron chi connectivity index (χ4n) is 2.11. The molecule has 2 aromatic rings. The molecule has 0 aliphatic rings. The van der Waals surface area contributed by atoms with Gasteiger partial charge < -0.3 is 5.73 Å². The van der Waals surface area contributed by atoms with Crippen molar-refractivity contribution in [3.63, 3.8) is 0 Å². The number of aromatic nitrogens is 1. The second-order valence-corrected chi connectivity index (χ2v) is 5.01. The first-order valence-electron chi connectivity index (χ1n) is 6.00. The van der Waals surface area contributed by atoms with Gasteiger partial charge in [0.05, 0.1) is 0 Å². The fraction of sp³-hybridized carbons (Fsp3) is 0.267. The summed E-state index contributed by atoms with van der Waals surface area (Å²) in [5.41, 5.74) is 10.8. The molecular formula is C15H17ClN2. The summed E-state index contributed by atoms with van der Waals surface area (Å²) >= 11 is 5.95. The summed E-state index contributed by atoms with van der Waals surface area (Å²) in [7, 11) is 0. The number of aryl methyl sites for hydroxylation is 2. The zero-order valence-corrected chi connectivity index (χ0v) is 11.4. The van der Waals surface area contributed by atoms with E-state index < -0.39 is 0 Å². The summed E-state index contributed by atoms with van der Waals surface area (Å²) in [6.45, 7) is 4.09. The molecule has 1 unspecified atom stereocenters. The summed E-state index contributed by atoms with van der Waals surface area (Å²) in [4.78, 5) is 4.38. The van der Waals surface area contributed by atoms with Crippen molar-refractivity contribution in [2.24, 2.45) is 5.73 Å². The Balaban J connectivity index is 2.22. The molecule has 0 amide bonds. The standard InChI is InChI=1S/C15H17ClN2/c1-10-4-3-7-18-15(10)9-14(17)13-6-5-12(16)8-11(13)2/h3-8,14H,9,17H2,1-2H3. The number of hydrogen-bond acceptors (Lipinski definition) is 2. The zero-order chi connectivity index (χ0) is 13.1. The molecule has 0 radical (unpaired) electrons. The molecule has 0 bridgehead atoms. The molecule has 2 N–H and O–H groups in total. The van der Waals surface area contributed by atoms with Gasteiger partial charge in [-0.05, 0) is 48.7 Å². The van der Waals surface area contributed by atoms with Crippen LogP contribution in [0.1, 0.15) is 28.4 Å². The smallest absolute Gasteiger partial charge is 0.0451 e. The number of rotatable bonds is 3. The second kappa shape index (κ2) is 5.51. The van der Waals surface area contributed by atoms with Crippen molar-refractivity contribution in [2.45, 2.75) is 26.3 Å². The number of benzene rings is 1. The van der Waals surface area contributed by atoms with Crippen LogP contribution in [0.5, 0.6) is 0 Å². The number of pyridine rings is 1. The van der Waals surface area contributed by atoms with Crippen molar-refractivity contribution in [3.8, 4) is 0 Å². The molecule has 2 nitrogen and oxygen atoms in total. The molecule has 0 aliphatic heterocycles. The van der Waals surface area contributed by atoms with Crippen molar-refractivity contribution in [3.05, 3.63) is 63.9 Å². The van der Waals surface area contributed by atoms with Crippen LogP contribution in [0.15, 0.2) is 36.5 Å². The first kappa shape index (κ1) is 13.1. The first-order valence-corrected chi connectivity index (χ1v) is 6.38. The lowest BCUT2D eigenvalue weighted by molar-refractivity contribution is 0.698. The summed E-state index contributed by atoms with van der Waals surface area (Å²) in [5.74, 6) is 0. The van der Waals surface area contributed by atoms with Crippen molar-refractivity contribution in [2.75, 3.05) is 0 Å². The predicted octanol–water partition coefficient (Wildman–Crippen LogP) is 3.59. The topological polar surface area (TPSA) is 38.9 Å². The van der Waals surface area contributed by atoms with E-state index in [-0.39, 0.29) is 6.04 Å². The highest BCUT2D eigenvalue weighted by atomic mass is 35.5. The molecule has 1 heterocycles. The maximum absolute atomic E-state index is 6.26. The SMILES string of the molecule is Cc1cc(Cl)ccc1C(N)Cc1ncccc1C. The van der Waals surface area contributed by atoms with Crippen molar-refractivity contribution in [1.29, 1.82) is 0 Å². The van der Waals surface area contributed by atoms with Crippen LogP contribution in [0.3, 0.4) is 0 Å². The number of hydrogen-bond donors (Lipinski definition) is 1. The van der Waals surface area contributed by atoms with E-state index in [4.69, 9.17) is 17.3 Å². The molecule has 1 aromatic heterocycles. The Labute approximate surface area is 113 Å². The monoisotopic (exact) mass is 260 g/mol. The minimum absolute atomic E-state index is 0.0455. The largest absolute Gasteiger partial charge is 0.324 e. The van der Waals surface area contributed by atoms with Crippen LogP contribution in [0, 0.1) is 13.8 Å². The third-order valence-electron chi connectivity index (χ3n) is 3.16. The Hall–Kier alpha value is -1.38. The Morgan fingerprint density at radius 3 is 2.67 bits per heavy atom. The zero-order valence-electron chi connectivity index (χ0n) is 10.7. The third-order valence-corrected chi connectivity index (χ3v) is 3.40. The summed E-state index contributed by atoms with van der Waals surface area (Å²) in [6.07, 6.45) is 2.55. The summed E-state index contributed by atoms with van der Waals surface area (Å²) in [6, 6.07) is 9.79. The Bertz CT molecular complexity index is 552. The third kappa shape index (κ3) is 2.89. The van der Waals surface area contributed by atoms with Crippen LogP contribution in [0.2, 0.25) is 5.02 Å². The lowest BCUT2D eigenvalue weighted by atomic mass is 9.97. The Morgan fingerprint density at radius 1 is 1.22 bits per heavy atom. The van der Waals surface area contributed by atoms with Gasteiger partial charge >= 0.3 is 0 Å². The maximum atomic E-state index is 6.26. The molecule has 0 fully saturated rings. The molecule has 94 valence electrons. The predicted molar refractivity (Wildman–Crippen MR) is 75.8 cm³/mol. The molecule has 0 aliphatic carbocycles. The number of nitrogens with zero attached hydrogens (tertiary/aromatic N) is 1. The van der Waals surface area contributed by atoms with Crippen molar-refractivity contribution < 1.29 is 0 Å². The van der Waals surface area contributed by atoms with Gasteiger partial charge in [-0.1, -0.05) is 23.7 Å². The highest BCUT2D eigenvalue weighted by molar-refractivity contribution is 6.30. The molecular weight excluding hydrogens is 244 g/mol. The highest BCUT2D eigenvalue weighted by Gasteiger charge is 2.12. The average Bonchev–Trinajstić information content (AvgIpc) is 2.32. The fourth-order valence-corrected chi connectivity index (χ4v) is 2.33. The minimum atomic E-state index is -0.0455. The second-order valence-electron chi connectivity index (χ2n) is 4.58. The summed E-state index contributed by atoms with van der Waals surface area (Å²) in [5, 5.41) is 0.748. The average molecular weight is 261 g/mol. The molecule has 0 spiro atoms. The Kier molecular flexibility index (Phi) is 4.00. The minimum Gasteiger partial charge on any atom is -0.324 e. The van der Waals surface area contributed by atoms with Crippen LogP contribution in [-0.4, -0.2) is 4.98 Å². The van der Waals surface area contributed by atoms with E-state index in [1.165, 1.54) is 5.56 Å². The van der Waals surface area contributed by atoms with Crippen LogP contribution >= 0.6 is 11.6 Å². The van der Waals surface area contributed by atoms with E-state index in [9.17, 15) is 0 Å². The first-order chi connectivity index (χ1) is 8.58.